The average Bonchev–Trinajstić information content (AvgIpc) is 2.84. The molecule has 3 aliphatic rings. The Morgan fingerprint density at radius 3 is 2.83 bits per heavy atom. The van der Waals surface area contributed by atoms with E-state index in [2.05, 4.69) is 0 Å². The average molecular weight is 254 g/mol. The molecule has 2 heterocycles. The van der Waals surface area contributed by atoms with Crippen molar-refractivity contribution in [1.82, 2.24) is 4.90 Å². The van der Waals surface area contributed by atoms with Gasteiger partial charge in [-0.1, -0.05) is 6.42 Å². The zero-order valence-electron chi connectivity index (χ0n) is 10.7. The molecule has 102 valence electrons. The second kappa shape index (κ2) is 5.15. The molecule has 18 heavy (non-hydrogen) atoms. The first kappa shape index (κ1) is 12.4. The summed E-state index contributed by atoms with van der Waals surface area (Å²) in [5.74, 6) is 1.19. The number of rotatable bonds is 1. The molecule has 0 aromatic rings. The van der Waals surface area contributed by atoms with Crippen LogP contribution in [0, 0.1) is 11.8 Å². The molecule has 2 aliphatic heterocycles. The van der Waals surface area contributed by atoms with Crippen LogP contribution in [0.5, 0.6) is 0 Å². The molecule has 0 spiro atoms. The standard InChI is InChI=1S/C13H22N2O3/c14-11-3-1-2-9-6-15(7-10(9)11)13(16)12-8-17-4-5-18-12/h9-12H,1-8,14H2. The Labute approximate surface area is 108 Å². The van der Waals surface area contributed by atoms with Crippen LogP contribution in [0.1, 0.15) is 19.3 Å². The highest BCUT2D eigenvalue weighted by atomic mass is 16.6. The zero-order chi connectivity index (χ0) is 12.5. The molecule has 0 radical (unpaired) electrons. The van der Waals surface area contributed by atoms with E-state index in [1.54, 1.807) is 0 Å². The molecule has 5 nitrogen and oxygen atoms in total. The van der Waals surface area contributed by atoms with Gasteiger partial charge in [-0.3, -0.25) is 4.79 Å². The van der Waals surface area contributed by atoms with Crippen LogP contribution in [-0.2, 0) is 14.3 Å². The monoisotopic (exact) mass is 254 g/mol. The van der Waals surface area contributed by atoms with E-state index in [1.807, 2.05) is 4.90 Å². The van der Waals surface area contributed by atoms with Crippen molar-refractivity contribution in [3.8, 4) is 0 Å². The summed E-state index contributed by atoms with van der Waals surface area (Å²) in [4.78, 5) is 14.3. The lowest BCUT2D eigenvalue weighted by atomic mass is 9.78. The number of carbonyl (C=O) groups is 1. The molecule has 0 aromatic heterocycles. The molecule has 1 amide bonds. The van der Waals surface area contributed by atoms with Gasteiger partial charge in [0.05, 0.1) is 19.8 Å². The van der Waals surface area contributed by atoms with Crippen LogP contribution in [0.15, 0.2) is 0 Å². The highest BCUT2D eigenvalue weighted by Gasteiger charge is 2.42. The molecule has 2 saturated heterocycles. The molecule has 4 atom stereocenters. The fourth-order valence-electron chi connectivity index (χ4n) is 3.53. The summed E-state index contributed by atoms with van der Waals surface area (Å²) < 4.78 is 10.8. The number of fused-ring (bicyclic) bond motifs is 1. The van der Waals surface area contributed by atoms with Crippen molar-refractivity contribution in [3.63, 3.8) is 0 Å². The van der Waals surface area contributed by atoms with Crippen LogP contribution >= 0.6 is 0 Å². The maximum absolute atomic E-state index is 12.3. The van der Waals surface area contributed by atoms with Gasteiger partial charge in [-0.15, -0.1) is 0 Å². The van der Waals surface area contributed by atoms with Crippen LogP contribution in [0.4, 0.5) is 0 Å². The highest BCUT2D eigenvalue weighted by molar-refractivity contribution is 5.81. The summed E-state index contributed by atoms with van der Waals surface area (Å²) in [5, 5.41) is 0. The Morgan fingerprint density at radius 2 is 2.11 bits per heavy atom. The van der Waals surface area contributed by atoms with Gasteiger partial charge in [-0.05, 0) is 24.7 Å². The van der Waals surface area contributed by atoms with E-state index in [1.165, 1.54) is 12.8 Å². The lowest BCUT2D eigenvalue weighted by Crippen LogP contribution is -2.45. The molecule has 1 aliphatic carbocycles. The van der Waals surface area contributed by atoms with Crippen molar-refractivity contribution in [2.24, 2.45) is 17.6 Å². The lowest BCUT2D eigenvalue weighted by molar-refractivity contribution is -0.157. The SMILES string of the molecule is NC1CCCC2CN(C(=O)C3COCCO3)CC12. The molecule has 3 rings (SSSR count). The fraction of sp³-hybridized carbons (Fsp3) is 0.923. The first-order valence-corrected chi connectivity index (χ1v) is 6.99. The van der Waals surface area contributed by atoms with Crippen molar-refractivity contribution in [2.45, 2.75) is 31.4 Å². The number of hydrogen-bond acceptors (Lipinski definition) is 4. The molecule has 2 N–H and O–H groups in total. The minimum absolute atomic E-state index is 0.0938. The maximum atomic E-state index is 12.3. The third-order valence-corrected chi connectivity index (χ3v) is 4.56. The van der Waals surface area contributed by atoms with E-state index in [0.29, 0.717) is 31.7 Å². The van der Waals surface area contributed by atoms with Gasteiger partial charge >= 0.3 is 0 Å². The molecular weight excluding hydrogens is 232 g/mol. The Kier molecular flexibility index (Phi) is 3.54. The molecular formula is C13H22N2O3. The molecule has 4 unspecified atom stereocenters. The third kappa shape index (κ3) is 2.27. The van der Waals surface area contributed by atoms with E-state index in [-0.39, 0.29) is 11.9 Å². The normalized spacial score (nSPS) is 40.6. The zero-order valence-corrected chi connectivity index (χ0v) is 10.7. The third-order valence-electron chi connectivity index (χ3n) is 4.56. The Bertz CT molecular complexity index is 317. The number of amides is 1. The summed E-state index contributed by atoms with van der Waals surface area (Å²) in [6.45, 7) is 3.19. The van der Waals surface area contributed by atoms with E-state index >= 15 is 0 Å². The lowest BCUT2D eigenvalue weighted by Gasteiger charge is -2.29. The smallest absolute Gasteiger partial charge is 0.254 e. The van der Waals surface area contributed by atoms with Crippen molar-refractivity contribution in [2.75, 3.05) is 32.9 Å². The van der Waals surface area contributed by atoms with Crippen LogP contribution in [0.25, 0.3) is 0 Å². The predicted molar refractivity (Wildman–Crippen MR) is 65.9 cm³/mol. The van der Waals surface area contributed by atoms with Crippen LogP contribution in [0.2, 0.25) is 0 Å². The predicted octanol–water partition coefficient (Wildman–Crippen LogP) is -0.0124. The minimum Gasteiger partial charge on any atom is -0.376 e. The number of carbonyl (C=O) groups excluding carboxylic acids is 1. The van der Waals surface area contributed by atoms with Gasteiger partial charge in [-0.25, -0.2) is 0 Å². The van der Waals surface area contributed by atoms with Crippen LogP contribution in [-0.4, -0.2) is 55.9 Å². The molecule has 0 bridgehead atoms. The number of likely N-dealkylation sites (tertiary alicyclic amines) is 1. The van der Waals surface area contributed by atoms with E-state index in [4.69, 9.17) is 15.2 Å². The number of hydrogen-bond donors (Lipinski definition) is 1. The quantitative estimate of drug-likeness (QED) is 0.714. The molecule has 3 fully saturated rings. The molecule has 0 aromatic carbocycles. The van der Waals surface area contributed by atoms with Crippen molar-refractivity contribution in [1.29, 1.82) is 0 Å². The topological polar surface area (TPSA) is 64.8 Å². The van der Waals surface area contributed by atoms with Gasteiger partial charge in [0, 0.05) is 19.1 Å². The summed E-state index contributed by atoms with van der Waals surface area (Å²) in [7, 11) is 0. The Balaban J connectivity index is 1.62. The molecule has 1 saturated carbocycles. The number of ether oxygens (including phenoxy) is 2. The van der Waals surface area contributed by atoms with Crippen molar-refractivity contribution < 1.29 is 14.3 Å². The number of nitrogens with two attached hydrogens (primary N) is 1. The van der Waals surface area contributed by atoms with Gasteiger partial charge in [0.1, 0.15) is 0 Å². The summed E-state index contributed by atoms with van der Waals surface area (Å²) >= 11 is 0. The number of nitrogens with zero attached hydrogens (tertiary/aromatic N) is 1. The Morgan fingerprint density at radius 1 is 1.22 bits per heavy atom. The highest BCUT2D eigenvalue weighted by Crippen LogP contribution is 2.35. The minimum atomic E-state index is -0.393. The van der Waals surface area contributed by atoms with Crippen LogP contribution < -0.4 is 5.73 Å². The van der Waals surface area contributed by atoms with Gasteiger partial charge in [-0.2, -0.15) is 0 Å². The first-order valence-electron chi connectivity index (χ1n) is 6.99. The van der Waals surface area contributed by atoms with Crippen LogP contribution in [0.3, 0.4) is 0 Å². The second-order valence-electron chi connectivity index (χ2n) is 5.70. The maximum Gasteiger partial charge on any atom is 0.254 e. The van der Waals surface area contributed by atoms with Gasteiger partial charge in [0.2, 0.25) is 0 Å². The molecule has 5 heteroatoms. The summed E-state index contributed by atoms with van der Waals surface area (Å²) in [6, 6.07) is 0.269. The van der Waals surface area contributed by atoms with E-state index in [9.17, 15) is 4.79 Å². The van der Waals surface area contributed by atoms with Crippen molar-refractivity contribution in [3.05, 3.63) is 0 Å². The van der Waals surface area contributed by atoms with Gasteiger partial charge in [0.25, 0.3) is 5.91 Å². The second-order valence-corrected chi connectivity index (χ2v) is 5.70. The Hall–Kier alpha value is -0.650. The first-order chi connectivity index (χ1) is 8.75. The van der Waals surface area contributed by atoms with Crippen molar-refractivity contribution >= 4 is 5.91 Å². The largest absolute Gasteiger partial charge is 0.376 e. The van der Waals surface area contributed by atoms with E-state index in [0.717, 1.165) is 19.5 Å². The summed E-state index contributed by atoms with van der Waals surface area (Å²) in [5.41, 5.74) is 6.17. The van der Waals surface area contributed by atoms with E-state index < -0.39 is 6.10 Å². The van der Waals surface area contributed by atoms with Gasteiger partial charge in [0.15, 0.2) is 6.10 Å². The fourth-order valence-corrected chi connectivity index (χ4v) is 3.53. The van der Waals surface area contributed by atoms with Gasteiger partial charge < -0.3 is 20.1 Å². The summed E-state index contributed by atoms with van der Waals surface area (Å²) in [6.07, 6.45) is 3.12.